The standard InChI is InChI=1S/C13H15BrN2O2S/c14-13-15-10(6-19-13)12(17)18-11-8-1-7-2-9(11)5-16(3-7)4-8/h6-9,11H,1-5H2. The number of thiazole rings is 1. The van der Waals surface area contributed by atoms with Gasteiger partial charge in [-0.3, -0.25) is 0 Å². The summed E-state index contributed by atoms with van der Waals surface area (Å²) in [4.78, 5) is 18.8. The summed E-state index contributed by atoms with van der Waals surface area (Å²) < 4.78 is 6.52. The molecule has 4 fully saturated rings. The van der Waals surface area contributed by atoms with Crippen molar-refractivity contribution in [1.29, 1.82) is 0 Å². The maximum Gasteiger partial charge on any atom is 0.358 e. The van der Waals surface area contributed by atoms with E-state index in [0.29, 0.717) is 17.5 Å². The highest BCUT2D eigenvalue weighted by atomic mass is 79.9. The Labute approximate surface area is 124 Å². The lowest BCUT2D eigenvalue weighted by Gasteiger charge is -2.54. The molecule has 6 heteroatoms. The zero-order chi connectivity index (χ0) is 13.0. The zero-order valence-corrected chi connectivity index (χ0v) is 12.8. The van der Waals surface area contributed by atoms with Crippen LogP contribution in [0.4, 0.5) is 0 Å². The summed E-state index contributed by atoms with van der Waals surface area (Å²) in [6.45, 7) is 3.46. The number of hydrogen-bond acceptors (Lipinski definition) is 5. The van der Waals surface area contributed by atoms with Gasteiger partial charge in [0.05, 0.1) is 0 Å². The minimum Gasteiger partial charge on any atom is -0.457 e. The number of halogens is 1. The number of piperidine rings is 3. The van der Waals surface area contributed by atoms with Gasteiger partial charge < -0.3 is 9.64 Å². The Morgan fingerprint density at radius 1 is 1.37 bits per heavy atom. The second kappa shape index (κ2) is 4.53. The summed E-state index contributed by atoms with van der Waals surface area (Å²) in [6.07, 6.45) is 2.57. The van der Waals surface area contributed by atoms with E-state index >= 15 is 0 Å². The van der Waals surface area contributed by atoms with Crippen molar-refractivity contribution in [3.63, 3.8) is 0 Å². The molecule has 102 valence electrons. The molecule has 2 unspecified atom stereocenters. The zero-order valence-electron chi connectivity index (χ0n) is 10.4. The van der Waals surface area contributed by atoms with E-state index in [-0.39, 0.29) is 12.1 Å². The van der Waals surface area contributed by atoms with Gasteiger partial charge in [-0.15, -0.1) is 11.3 Å². The fraction of sp³-hybridized carbons (Fsp3) is 0.692. The Hall–Kier alpha value is -0.460. The average molecular weight is 343 g/mol. The lowest BCUT2D eigenvalue weighted by Crippen LogP contribution is -2.60. The highest BCUT2D eigenvalue weighted by Crippen LogP contribution is 2.44. The first-order valence-electron chi connectivity index (χ1n) is 6.73. The van der Waals surface area contributed by atoms with E-state index in [1.807, 2.05) is 0 Å². The van der Waals surface area contributed by atoms with Gasteiger partial charge in [-0.05, 0) is 34.7 Å². The summed E-state index contributed by atoms with van der Waals surface area (Å²) >= 11 is 4.70. The lowest BCUT2D eigenvalue weighted by atomic mass is 9.66. The molecule has 3 aliphatic heterocycles. The molecular formula is C13H15BrN2O2S. The largest absolute Gasteiger partial charge is 0.457 e. The SMILES string of the molecule is O=C(OC1C2CC3CC1CN(C3)C2)c1csc(Br)n1. The predicted molar refractivity (Wildman–Crippen MR) is 75.2 cm³/mol. The van der Waals surface area contributed by atoms with Gasteiger partial charge in [0.2, 0.25) is 0 Å². The van der Waals surface area contributed by atoms with E-state index < -0.39 is 0 Å². The smallest absolute Gasteiger partial charge is 0.358 e. The Kier molecular flexibility index (Phi) is 2.93. The van der Waals surface area contributed by atoms with Gasteiger partial charge in [-0.1, -0.05) is 0 Å². The molecule has 5 rings (SSSR count). The van der Waals surface area contributed by atoms with Gasteiger partial charge >= 0.3 is 5.97 Å². The third-order valence-electron chi connectivity index (χ3n) is 4.63. The molecule has 0 spiro atoms. The molecule has 2 atom stereocenters. The number of carbonyl (C=O) groups excluding carboxylic acids is 1. The monoisotopic (exact) mass is 342 g/mol. The molecule has 1 aromatic rings. The normalized spacial score (nSPS) is 39.5. The first-order valence-corrected chi connectivity index (χ1v) is 8.40. The molecule has 1 saturated carbocycles. The first kappa shape index (κ1) is 12.3. The van der Waals surface area contributed by atoms with Crippen LogP contribution in [0.5, 0.6) is 0 Å². The average Bonchev–Trinajstić information content (AvgIpc) is 2.79. The molecular weight excluding hydrogens is 328 g/mol. The van der Waals surface area contributed by atoms with E-state index in [1.54, 1.807) is 5.38 Å². The van der Waals surface area contributed by atoms with Crippen LogP contribution < -0.4 is 0 Å². The Morgan fingerprint density at radius 3 is 2.68 bits per heavy atom. The van der Waals surface area contributed by atoms with Crippen LogP contribution in [0.3, 0.4) is 0 Å². The minimum absolute atomic E-state index is 0.112. The number of esters is 1. The quantitative estimate of drug-likeness (QED) is 0.774. The van der Waals surface area contributed by atoms with Crippen molar-refractivity contribution < 1.29 is 9.53 Å². The molecule has 0 N–H and O–H groups in total. The topological polar surface area (TPSA) is 42.4 Å². The van der Waals surface area contributed by atoms with Gasteiger partial charge in [0.15, 0.2) is 9.61 Å². The fourth-order valence-corrected chi connectivity index (χ4v) is 5.07. The Morgan fingerprint density at radius 2 is 2.11 bits per heavy atom. The van der Waals surface area contributed by atoms with E-state index in [2.05, 4.69) is 25.8 Å². The van der Waals surface area contributed by atoms with Crippen molar-refractivity contribution in [2.45, 2.75) is 18.9 Å². The third kappa shape index (κ3) is 2.14. The number of carbonyl (C=O) groups is 1. The van der Waals surface area contributed by atoms with Crippen LogP contribution in [0.2, 0.25) is 0 Å². The molecule has 0 radical (unpaired) electrons. The van der Waals surface area contributed by atoms with Crippen LogP contribution in [0.15, 0.2) is 9.30 Å². The van der Waals surface area contributed by atoms with Crippen LogP contribution >= 0.6 is 27.3 Å². The van der Waals surface area contributed by atoms with Gasteiger partial charge in [-0.25, -0.2) is 9.78 Å². The summed E-state index contributed by atoms with van der Waals surface area (Å²) in [6, 6.07) is 0. The molecule has 19 heavy (non-hydrogen) atoms. The number of aromatic nitrogens is 1. The Balaban J connectivity index is 1.49. The summed E-state index contributed by atoms with van der Waals surface area (Å²) in [5, 5.41) is 1.76. The van der Waals surface area contributed by atoms with Crippen LogP contribution in [0.25, 0.3) is 0 Å². The maximum atomic E-state index is 12.1. The number of ether oxygens (including phenoxy) is 1. The summed E-state index contributed by atoms with van der Waals surface area (Å²) in [7, 11) is 0. The highest BCUT2D eigenvalue weighted by Gasteiger charge is 2.49. The van der Waals surface area contributed by atoms with Gasteiger partial charge in [0, 0.05) is 36.9 Å². The second-order valence-corrected chi connectivity index (χ2v) is 8.07. The first-order chi connectivity index (χ1) is 9.19. The summed E-state index contributed by atoms with van der Waals surface area (Å²) in [5.74, 6) is 1.66. The van der Waals surface area contributed by atoms with Gasteiger partial charge in [0.25, 0.3) is 0 Å². The van der Waals surface area contributed by atoms with E-state index in [9.17, 15) is 4.79 Å². The van der Waals surface area contributed by atoms with Crippen molar-refractivity contribution in [2.24, 2.45) is 17.8 Å². The molecule has 4 heterocycles. The maximum absolute atomic E-state index is 12.1. The molecule has 0 aromatic carbocycles. The van der Waals surface area contributed by atoms with E-state index in [4.69, 9.17) is 4.74 Å². The second-order valence-electron chi connectivity index (χ2n) is 5.93. The number of rotatable bonds is 2. The molecule has 1 aromatic heterocycles. The van der Waals surface area contributed by atoms with Gasteiger partial charge in [0.1, 0.15) is 6.10 Å². The highest BCUT2D eigenvalue weighted by molar-refractivity contribution is 9.11. The van der Waals surface area contributed by atoms with Crippen molar-refractivity contribution in [3.05, 3.63) is 15.0 Å². The molecule has 0 amide bonds. The van der Waals surface area contributed by atoms with Crippen molar-refractivity contribution in [1.82, 2.24) is 9.88 Å². The molecule has 4 bridgehead atoms. The summed E-state index contributed by atoms with van der Waals surface area (Å²) in [5.41, 5.74) is 0.436. The molecule has 4 aliphatic rings. The predicted octanol–water partition coefficient (Wildman–Crippen LogP) is 2.40. The Bertz CT molecular complexity index is 490. The number of hydrogen-bond donors (Lipinski definition) is 0. The molecule has 4 nitrogen and oxygen atoms in total. The molecule has 1 aliphatic carbocycles. The van der Waals surface area contributed by atoms with E-state index in [0.717, 1.165) is 22.9 Å². The van der Waals surface area contributed by atoms with Crippen molar-refractivity contribution in [3.8, 4) is 0 Å². The minimum atomic E-state index is -0.255. The van der Waals surface area contributed by atoms with E-state index in [1.165, 1.54) is 30.7 Å². The third-order valence-corrected chi connectivity index (χ3v) is 6.00. The van der Waals surface area contributed by atoms with Crippen molar-refractivity contribution >= 4 is 33.2 Å². The van der Waals surface area contributed by atoms with Gasteiger partial charge in [-0.2, -0.15) is 0 Å². The van der Waals surface area contributed by atoms with Crippen LogP contribution in [-0.4, -0.2) is 41.6 Å². The van der Waals surface area contributed by atoms with Crippen molar-refractivity contribution in [2.75, 3.05) is 19.6 Å². The van der Waals surface area contributed by atoms with Crippen LogP contribution in [0, 0.1) is 17.8 Å². The molecule has 3 saturated heterocycles. The fourth-order valence-electron chi connectivity index (χ4n) is 4.09. The van der Waals surface area contributed by atoms with Crippen LogP contribution in [-0.2, 0) is 4.74 Å². The van der Waals surface area contributed by atoms with Crippen LogP contribution in [0.1, 0.15) is 23.3 Å². The lowest BCUT2D eigenvalue weighted by molar-refractivity contribution is -0.116. The number of nitrogens with zero attached hydrogens (tertiary/aromatic N) is 2.